The molecule has 0 amide bonds. The van der Waals surface area contributed by atoms with Crippen LogP contribution in [0.15, 0.2) is 29.2 Å². The summed E-state index contributed by atoms with van der Waals surface area (Å²) in [5.41, 5.74) is 0.590. The normalized spacial score (nSPS) is 10.4. The maximum atomic E-state index is 7.21. The molecule has 0 saturated heterocycles. The maximum absolute atomic E-state index is 7.21. The molecule has 0 aliphatic carbocycles. The van der Waals surface area contributed by atoms with Gasteiger partial charge in [-0.1, -0.05) is 5.16 Å². The van der Waals surface area contributed by atoms with Gasteiger partial charge in [0.05, 0.1) is 5.36 Å². The highest BCUT2D eigenvalue weighted by molar-refractivity contribution is 5.30. The molecule has 0 saturated carbocycles. The van der Waals surface area contributed by atoms with Gasteiger partial charge in [-0.25, -0.2) is 0 Å². The molecule has 0 aliphatic rings. The Morgan fingerprint density at radius 3 is 3.40 bits per heavy atom. The van der Waals surface area contributed by atoms with Gasteiger partial charge in [0, 0.05) is 12.3 Å². The number of fused-ring (bicyclic) bond motifs is 1. The third kappa shape index (κ3) is 0.621. The summed E-state index contributed by atoms with van der Waals surface area (Å²) in [6.07, 6.45) is 3.28. The molecule has 50 valence electrons. The van der Waals surface area contributed by atoms with Crippen molar-refractivity contribution in [3.63, 3.8) is 0 Å². The molecule has 0 bridgehead atoms. The van der Waals surface area contributed by atoms with E-state index in [0.29, 0.717) is 11.1 Å². The summed E-state index contributed by atoms with van der Waals surface area (Å²) in [5.74, 6) is 0. The molecular formula is C6H5N3O. The molecule has 0 radical (unpaired) electrons. The third-order valence-corrected chi connectivity index (χ3v) is 1.27. The van der Waals surface area contributed by atoms with Gasteiger partial charge in [-0.15, -0.1) is 0 Å². The second kappa shape index (κ2) is 1.70. The van der Waals surface area contributed by atoms with E-state index in [9.17, 15) is 0 Å². The molecule has 0 aliphatic heterocycles. The Kier molecular flexibility index (Phi) is 0.887. The van der Waals surface area contributed by atoms with E-state index < -0.39 is 0 Å². The van der Waals surface area contributed by atoms with E-state index in [4.69, 9.17) is 9.93 Å². The Morgan fingerprint density at radius 2 is 2.50 bits per heavy atom. The molecule has 0 aromatic carbocycles. The highest BCUT2D eigenvalue weighted by Crippen LogP contribution is 1.94. The van der Waals surface area contributed by atoms with Crippen LogP contribution in [0.25, 0.3) is 5.71 Å². The minimum Gasteiger partial charge on any atom is -0.336 e. The van der Waals surface area contributed by atoms with E-state index in [2.05, 4.69) is 5.16 Å². The van der Waals surface area contributed by atoms with Gasteiger partial charge < -0.3 is 9.93 Å². The molecule has 4 nitrogen and oxygen atoms in total. The fourth-order valence-electron chi connectivity index (χ4n) is 0.787. The van der Waals surface area contributed by atoms with Crippen LogP contribution in [0, 0.1) is 5.41 Å². The van der Waals surface area contributed by atoms with E-state index in [0.717, 1.165) is 0 Å². The van der Waals surface area contributed by atoms with Gasteiger partial charge >= 0.3 is 0 Å². The van der Waals surface area contributed by atoms with Crippen LogP contribution in [-0.4, -0.2) is 9.56 Å². The SMILES string of the molecule is N=c1ccn2cnoc2c1. The zero-order chi connectivity index (χ0) is 6.97. The first-order valence-corrected chi connectivity index (χ1v) is 2.83. The molecular weight excluding hydrogens is 130 g/mol. The maximum Gasteiger partial charge on any atom is 0.237 e. The van der Waals surface area contributed by atoms with E-state index in [1.807, 2.05) is 0 Å². The molecule has 2 rings (SSSR count). The average molecular weight is 135 g/mol. The first-order chi connectivity index (χ1) is 4.86. The summed E-state index contributed by atoms with van der Waals surface area (Å²) in [6, 6.07) is 3.28. The van der Waals surface area contributed by atoms with Crippen LogP contribution in [0.1, 0.15) is 0 Å². The van der Waals surface area contributed by atoms with Crippen LogP contribution in [0.2, 0.25) is 0 Å². The Hall–Kier alpha value is -1.58. The van der Waals surface area contributed by atoms with Crippen LogP contribution in [-0.2, 0) is 0 Å². The van der Waals surface area contributed by atoms with Gasteiger partial charge in [0.15, 0.2) is 0 Å². The lowest BCUT2D eigenvalue weighted by atomic mass is 10.5. The molecule has 2 aromatic rings. The Balaban J connectivity index is 2.99. The number of nitrogens with zero attached hydrogens (tertiary/aromatic N) is 2. The van der Waals surface area contributed by atoms with E-state index in [1.54, 1.807) is 29.1 Å². The van der Waals surface area contributed by atoms with Crippen molar-refractivity contribution in [2.24, 2.45) is 0 Å². The van der Waals surface area contributed by atoms with Crippen LogP contribution < -0.4 is 5.36 Å². The van der Waals surface area contributed by atoms with Crippen molar-refractivity contribution in [1.29, 1.82) is 5.41 Å². The van der Waals surface area contributed by atoms with E-state index >= 15 is 0 Å². The number of hydrogen-bond donors (Lipinski definition) is 1. The third-order valence-electron chi connectivity index (χ3n) is 1.27. The summed E-state index contributed by atoms with van der Waals surface area (Å²) < 4.78 is 6.50. The summed E-state index contributed by atoms with van der Waals surface area (Å²) >= 11 is 0. The van der Waals surface area contributed by atoms with Gasteiger partial charge in [-0.3, -0.25) is 4.40 Å². The fourth-order valence-corrected chi connectivity index (χ4v) is 0.787. The molecule has 0 unspecified atom stereocenters. The van der Waals surface area contributed by atoms with Crippen molar-refractivity contribution in [2.45, 2.75) is 0 Å². The predicted molar refractivity (Wildman–Crippen MR) is 33.3 cm³/mol. The fraction of sp³-hybridized carbons (Fsp3) is 0. The Morgan fingerprint density at radius 1 is 1.60 bits per heavy atom. The van der Waals surface area contributed by atoms with E-state index in [1.165, 1.54) is 0 Å². The summed E-state index contributed by atoms with van der Waals surface area (Å²) in [5, 5.41) is 11.2. The Labute approximate surface area is 56.2 Å². The smallest absolute Gasteiger partial charge is 0.237 e. The Bertz CT molecular complexity index is 400. The monoisotopic (exact) mass is 135 g/mol. The second-order valence-corrected chi connectivity index (χ2v) is 1.97. The lowest BCUT2D eigenvalue weighted by molar-refractivity contribution is 0.454. The molecule has 4 heteroatoms. The summed E-state index contributed by atoms with van der Waals surface area (Å²) in [7, 11) is 0. The number of hydrogen-bond acceptors (Lipinski definition) is 3. The number of rotatable bonds is 0. The molecule has 2 aromatic heterocycles. The van der Waals surface area contributed by atoms with Crippen LogP contribution in [0.4, 0.5) is 0 Å². The van der Waals surface area contributed by atoms with Gasteiger partial charge in [-0.05, 0) is 6.07 Å². The highest BCUT2D eigenvalue weighted by atomic mass is 16.5. The van der Waals surface area contributed by atoms with Crippen molar-refractivity contribution in [2.75, 3.05) is 0 Å². The first-order valence-electron chi connectivity index (χ1n) is 2.83. The van der Waals surface area contributed by atoms with Crippen LogP contribution >= 0.6 is 0 Å². The minimum absolute atomic E-state index is 0.428. The molecule has 10 heavy (non-hydrogen) atoms. The van der Waals surface area contributed by atoms with Crippen molar-refractivity contribution < 1.29 is 4.52 Å². The highest BCUT2D eigenvalue weighted by Gasteiger charge is 1.91. The predicted octanol–water partition coefficient (Wildman–Crippen LogP) is 0.407. The second-order valence-electron chi connectivity index (χ2n) is 1.97. The van der Waals surface area contributed by atoms with Gasteiger partial charge in [-0.2, -0.15) is 0 Å². The first kappa shape index (κ1) is 5.22. The zero-order valence-electron chi connectivity index (χ0n) is 5.11. The largest absolute Gasteiger partial charge is 0.336 e. The lowest BCUT2D eigenvalue weighted by Gasteiger charge is -1.84. The number of nitrogens with one attached hydrogen (secondary N) is 1. The number of aromatic nitrogens is 2. The minimum atomic E-state index is 0.428. The van der Waals surface area contributed by atoms with Crippen LogP contribution in [0.5, 0.6) is 0 Å². The number of pyridine rings is 1. The van der Waals surface area contributed by atoms with E-state index in [-0.39, 0.29) is 0 Å². The van der Waals surface area contributed by atoms with Gasteiger partial charge in [0.1, 0.15) is 6.33 Å². The average Bonchev–Trinajstić information content (AvgIpc) is 2.33. The molecule has 2 heterocycles. The standard InChI is InChI=1S/C6H5N3O/c7-5-1-2-9-4-8-10-6(9)3-5/h1-4,7H. The van der Waals surface area contributed by atoms with Crippen LogP contribution in [0.3, 0.4) is 0 Å². The van der Waals surface area contributed by atoms with Crippen molar-refractivity contribution in [3.8, 4) is 0 Å². The summed E-state index contributed by atoms with van der Waals surface area (Å²) in [4.78, 5) is 0. The van der Waals surface area contributed by atoms with Gasteiger partial charge in [0.2, 0.25) is 5.71 Å². The van der Waals surface area contributed by atoms with Crippen molar-refractivity contribution >= 4 is 5.71 Å². The molecule has 0 spiro atoms. The lowest BCUT2D eigenvalue weighted by Crippen LogP contribution is -1.97. The zero-order valence-corrected chi connectivity index (χ0v) is 5.11. The molecule has 0 fully saturated rings. The van der Waals surface area contributed by atoms with Crippen molar-refractivity contribution in [3.05, 3.63) is 30.0 Å². The van der Waals surface area contributed by atoms with Crippen molar-refractivity contribution in [1.82, 2.24) is 9.56 Å². The topological polar surface area (TPSA) is 54.3 Å². The van der Waals surface area contributed by atoms with Gasteiger partial charge in [0.25, 0.3) is 0 Å². The molecule has 0 atom stereocenters. The molecule has 1 N–H and O–H groups in total. The summed E-state index contributed by atoms with van der Waals surface area (Å²) in [6.45, 7) is 0. The quantitative estimate of drug-likeness (QED) is 0.568.